The summed E-state index contributed by atoms with van der Waals surface area (Å²) in [7, 11) is 0. The van der Waals surface area contributed by atoms with Gasteiger partial charge in [0.15, 0.2) is 17.2 Å². The number of aromatic hydroxyl groups is 1. The van der Waals surface area contributed by atoms with Crippen LogP contribution in [0.5, 0.6) is 5.75 Å². The first kappa shape index (κ1) is 21.7. The van der Waals surface area contributed by atoms with E-state index in [0.29, 0.717) is 33.5 Å². The second kappa shape index (κ2) is 8.16. The van der Waals surface area contributed by atoms with Gasteiger partial charge in [-0.25, -0.2) is 9.37 Å². The summed E-state index contributed by atoms with van der Waals surface area (Å²) in [6.45, 7) is 3.77. The number of fused-ring (bicyclic) bond motifs is 3. The van der Waals surface area contributed by atoms with Crippen molar-refractivity contribution >= 4 is 16.9 Å². The summed E-state index contributed by atoms with van der Waals surface area (Å²) in [5.41, 5.74) is 5.05. The molecule has 1 aliphatic carbocycles. The third-order valence-electron chi connectivity index (χ3n) is 7.57. The van der Waals surface area contributed by atoms with E-state index in [1.54, 1.807) is 12.1 Å². The molecule has 1 spiro atoms. The van der Waals surface area contributed by atoms with Crippen molar-refractivity contribution in [2.75, 3.05) is 13.1 Å². The number of carbonyl (C=O) groups is 1. The van der Waals surface area contributed by atoms with Crippen molar-refractivity contribution in [2.45, 2.75) is 37.6 Å². The van der Waals surface area contributed by atoms with Crippen molar-refractivity contribution in [3.63, 3.8) is 0 Å². The van der Waals surface area contributed by atoms with Gasteiger partial charge in [0.25, 0.3) is 5.91 Å². The summed E-state index contributed by atoms with van der Waals surface area (Å²) in [6, 6.07) is 14.1. The summed E-state index contributed by atoms with van der Waals surface area (Å²) in [6.07, 6.45) is 2.97. The Morgan fingerprint density at radius 3 is 2.77 bits per heavy atom. The highest BCUT2D eigenvalue weighted by molar-refractivity contribution is 6.07. The topological polar surface area (TPSA) is 103 Å². The standard InChI is InChI=1S/C27H26FN5O2/c1-15-24-18(13-21(30-25(24)33-32-15)16-6-7-23(34)20(28)12-16)26(35)31-22-14-27(8-10-29-11-9-27)19-5-3-2-4-17(19)22/h2-7,12-13,22,29,34H,8-11,14H2,1H3,(H,31,35)(H,30,32,33). The van der Waals surface area contributed by atoms with E-state index in [9.17, 15) is 14.3 Å². The van der Waals surface area contributed by atoms with Gasteiger partial charge in [-0.1, -0.05) is 24.3 Å². The van der Waals surface area contributed by atoms with Gasteiger partial charge in [0.2, 0.25) is 0 Å². The van der Waals surface area contributed by atoms with Gasteiger partial charge >= 0.3 is 0 Å². The third-order valence-corrected chi connectivity index (χ3v) is 7.57. The molecule has 35 heavy (non-hydrogen) atoms. The van der Waals surface area contributed by atoms with E-state index in [1.807, 2.05) is 13.0 Å². The summed E-state index contributed by atoms with van der Waals surface area (Å²) in [4.78, 5) is 18.3. The molecule has 2 aliphatic rings. The summed E-state index contributed by atoms with van der Waals surface area (Å²) in [5.74, 6) is -1.39. The maximum absolute atomic E-state index is 14.0. The SMILES string of the molecule is Cc1n[nH]c2nc(-c3ccc(O)c(F)c3)cc(C(=O)NC3CC4(CCNCC4)c4ccccc43)c12. The van der Waals surface area contributed by atoms with Crippen LogP contribution in [0.15, 0.2) is 48.5 Å². The number of aryl methyl sites for hydroxylation is 1. The molecule has 1 atom stereocenters. The van der Waals surface area contributed by atoms with Crippen molar-refractivity contribution in [1.29, 1.82) is 0 Å². The molecule has 1 fully saturated rings. The second-order valence-electron chi connectivity index (χ2n) is 9.60. The van der Waals surface area contributed by atoms with Crippen molar-refractivity contribution in [1.82, 2.24) is 25.8 Å². The number of aromatic nitrogens is 3. The molecule has 0 bridgehead atoms. The number of hydrogen-bond acceptors (Lipinski definition) is 5. The van der Waals surface area contributed by atoms with Crippen LogP contribution in [0, 0.1) is 12.7 Å². The maximum atomic E-state index is 14.0. The molecule has 4 N–H and O–H groups in total. The number of rotatable bonds is 3. The van der Waals surface area contributed by atoms with Gasteiger partial charge < -0.3 is 15.7 Å². The number of nitrogens with zero attached hydrogens (tertiary/aromatic N) is 2. The number of piperidine rings is 1. The van der Waals surface area contributed by atoms with Gasteiger partial charge in [-0.3, -0.25) is 9.89 Å². The van der Waals surface area contributed by atoms with Crippen LogP contribution in [0.3, 0.4) is 0 Å². The smallest absolute Gasteiger partial charge is 0.252 e. The van der Waals surface area contributed by atoms with Crippen molar-refractivity contribution in [2.24, 2.45) is 0 Å². The third kappa shape index (κ3) is 3.56. The Balaban J connectivity index is 1.39. The highest BCUT2D eigenvalue weighted by Gasteiger charge is 2.44. The van der Waals surface area contributed by atoms with Gasteiger partial charge in [0, 0.05) is 11.0 Å². The molecule has 3 heterocycles. The van der Waals surface area contributed by atoms with E-state index in [2.05, 4.69) is 44.0 Å². The van der Waals surface area contributed by atoms with Crippen molar-refractivity contribution < 1.29 is 14.3 Å². The number of nitrogens with one attached hydrogen (secondary N) is 3. The Morgan fingerprint density at radius 2 is 1.97 bits per heavy atom. The monoisotopic (exact) mass is 471 g/mol. The van der Waals surface area contributed by atoms with Gasteiger partial charge in [-0.05, 0) is 74.7 Å². The minimum absolute atomic E-state index is 0.0770. The molecule has 2 aromatic carbocycles. The highest BCUT2D eigenvalue weighted by atomic mass is 19.1. The van der Waals surface area contributed by atoms with E-state index in [0.717, 1.165) is 32.4 Å². The number of pyridine rings is 1. The predicted octanol–water partition coefficient (Wildman–Crippen LogP) is 4.27. The lowest BCUT2D eigenvalue weighted by Crippen LogP contribution is -2.39. The van der Waals surface area contributed by atoms with Crippen LogP contribution in [0.4, 0.5) is 4.39 Å². The first-order valence-corrected chi connectivity index (χ1v) is 11.9. The van der Waals surface area contributed by atoms with E-state index in [-0.39, 0.29) is 17.4 Å². The summed E-state index contributed by atoms with van der Waals surface area (Å²) in [5, 5.41) is 24.1. The first-order chi connectivity index (χ1) is 16.9. The molecule has 1 amide bonds. The quantitative estimate of drug-likeness (QED) is 0.357. The van der Waals surface area contributed by atoms with Crippen LogP contribution in [0.1, 0.15) is 52.5 Å². The number of aromatic amines is 1. The summed E-state index contributed by atoms with van der Waals surface area (Å²) < 4.78 is 14.0. The number of phenols is 1. The number of halogens is 1. The molecule has 8 heteroatoms. The summed E-state index contributed by atoms with van der Waals surface area (Å²) >= 11 is 0. The number of carbonyl (C=O) groups excluding carboxylic acids is 1. The number of amides is 1. The Bertz CT molecular complexity index is 1460. The van der Waals surface area contributed by atoms with Crippen LogP contribution >= 0.6 is 0 Å². The van der Waals surface area contributed by atoms with Crippen LogP contribution in [-0.2, 0) is 5.41 Å². The predicted molar refractivity (Wildman–Crippen MR) is 131 cm³/mol. The minimum atomic E-state index is -0.744. The molecular formula is C27H26FN5O2. The molecule has 1 unspecified atom stereocenters. The molecule has 0 saturated carbocycles. The molecule has 178 valence electrons. The zero-order valence-corrected chi connectivity index (χ0v) is 19.4. The number of H-pyrrole nitrogens is 1. The Morgan fingerprint density at radius 1 is 1.17 bits per heavy atom. The zero-order chi connectivity index (χ0) is 24.2. The normalized spacial score (nSPS) is 18.6. The molecule has 6 rings (SSSR count). The van der Waals surface area contributed by atoms with E-state index in [1.165, 1.54) is 23.3 Å². The fourth-order valence-corrected chi connectivity index (χ4v) is 5.82. The molecule has 2 aromatic heterocycles. The van der Waals surface area contributed by atoms with Crippen LogP contribution in [0.2, 0.25) is 0 Å². The number of phenolic OH excluding ortho intramolecular Hbond substituents is 1. The lowest BCUT2D eigenvalue weighted by Gasteiger charge is -2.35. The average Bonchev–Trinajstić information content (AvgIpc) is 3.39. The van der Waals surface area contributed by atoms with Crippen LogP contribution in [-0.4, -0.2) is 39.3 Å². The zero-order valence-electron chi connectivity index (χ0n) is 19.4. The highest BCUT2D eigenvalue weighted by Crippen LogP contribution is 2.50. The van der Waals surface area contributed by atoms with E-state index < -0.39 is 11.6 Å². The van der Waals surface area contributed by atoms with Crippen molar-refractivity contribution in [3.8, 4) is 17.0 Å². The molecule has 7 nitrogen and oxygen atoms in total. The Hall–Kier alpha value is -3.78. The van der Waals surface area contributed by atoms with Gasteiger partial charge in [0.1, 0.15) is 0 Å². The van der Waals surface area contributed by atoms with Crippen LogP contribution < -0.4 is 10.6 Å². The number of benzene rings is 2. The number of hydrogen-bond donors (Lipinski definition) is 4. The lowest BCUT2D eigenvalue weighted by molar-refractivity contribution is 0.0933. The van der Waals surface area contributed by atoms with Gasteiger partial charge in [-0.2, -0.15) is 5.10 Å². The average molecular weight is 472 g/mol. The second-order valence-corrected chi connectivity index (χ2v) is 9.60. The fraction of sp³-hybridized carbons (Fsp3) is 0.296. The molecule has 0 radical (unpaired) electrons. The van der Waals surface area contributed by atoms with Gasteiger partial charge in [0.05, 0.1) is 28.4 Å². The maximum Gasteiger partial charge on any atom is 0.252 e. The largest absolute Gasteiger partial charge is 0.505 e. The Kier molecular flexibility index (Phi) is 5.07. The molecular weight excluding hydrogens is 445 g/mol. The van der Waals surface area contributed by atoms with E-state index >= 15 is 0 Å². The lowest BCUT2D eigenvalue weighted by atomic mass is 9.74. The fourth-order valence-electron chi connectivity index (χ4n) is 5.82. The molecule has 1 aliphatic heterocycles. The first-order valence-electron chi connectivity index (χ1n) is 11.9. The van der Waals surface area contributed by atoms with Crippen LogP contribution in [0.25, 0.3) is 22.3 Å². The van der Waals surface area contributed by atoms with E-state index in [4.69, 9.17) is 0 Å². The van der Waals surface area contributed by atoms with Crippen molar-refractivity contribution in [3.05, 3.63) is 76.7 Å². The van der Waals surface area contributed by atoms with Gasteiger partial charge in [-0.15, -0.1) is 0 Å². The molecule has 1 saturated heterocycles. The molecule has 4 aromatic rings. The Labute approximate surface area is 201 Å². The minimum Gasteiger partial charge on any atom is -0.505 e.